The minimum absolute atomic E-state index is 0.0370. The first-order valence-electron chi connectivity index (χ1n) is 14.5. The van der Waals surface area contributed by atoms with Crippen molar-refractivity contribution in [1.82, 2.24) is 19.4 Å². The number of imidazole rings is 1. The first kappa shape index (κ1) is 29.0. The van der Waals surface area contributed by atoms with Gasteiger partial charge in [-0.15, -0.1) is 0 Å². The van der Waals surface area contributed by atoms with Crippen LogP contribution in [0.15, 0.2) is 109 Å². The van der Waals surface area contributed by atoms with Crippen LogP contribution in [0.1, 0.15) is 49.1 Å². The Labute approximate surface area is 266 Å². The number of amides is 2. The third-order valence-electron chi connectivity index (χ3n) is 8.05. The number of nitrogens with one attached hydrogen (secondary N) is 1. The molecule has 0 aliphatic carbocycles. The number of aromatic hydroxyl groups is 1. The molecule has 0 saturated carbocycles. The number of hydrogen-bond donors (Lipinski definition) is 2. The Morgan fingerprint density at radius 1 is 0.957 bits per heavy atom. The number of aromatic amines is 1. The van der Waals surface area contributed by atoms with E-state index in [2.05, 4.69) is 9.97 Å². The predicted molar refractivity (Wildman–Crippen MR) is 173 cm³/mol. The van der Waals surface area contributed by atoms with Crippen LogP contribution < -0.4 is 0 Å². The van der Waals surface area contributed by atoms with Gasteiger partial charge in [-0.1, -0.05) is 48.5 Å². The van der Waals surface area contributed by atoms with Crippen molar-refractivity contribution in [2.24, 2.45) is 4.99 Å². The highest BCUT2D eigenvalue weighted by atomic mass is 16.6. The number of carbonyl (C=O) groups is 3. The van der Waals surface area contributed by atoms with Gasteiger partial charge in [-0.3, -0.25) is 34.0 Å². The summed E-state index contributed by atoms with van der Waals surface area (Å²) in [5.41, 5.74) is 4.50. The van der Waals surface area contributed by atoms with Gasteiger partial charge >= 0.3 is 0 Å². The van der Waals surface area contributed by atoms with E-state index in [4.69, 9.17) is 4.99 Å². The summed E-state index contributed by atoms with van der Waals surface area (Å²) in [6.07, 6.45) is 3.26. The number of nitro groups is 1. The number of carbonyl (C=O) groups excluding carboxylic acids is 3. The van der Waals surface area contributed by atoms with E-state index in [0.29, 0.717) is 27.9 Å². The summed E-state index contributed by atoms with van der Waals surface area (Å²) >= 11 is 0. The summed E-state index contributed by atoms with van der Waals surface area (Å²) in [6, 6.07) is 24.8. The van der Waals surface area contributed by atoms with E-state index < -0.39 is 16.7 Å². The monoisotopic (exact) mass is 624 g/mol. The fourth-order valence-corrected chi connectivity index (χ4v) is 5.79. The normalized spacial score (nSPS) is 13.0. The lowest BCUT2D eigenvalue weighted by Gasteiger charge is -2.15. The number of imide groups is 1. The molecule has 0 bridgehead atoms. The summed E-state index contributed by atoms with van der Waals surface area (Å²) in [5, 5.41) is 23.5. The van der Waals surface area contributed by atoms with E-state index in [1.165, 1.54) is 30.0 Å². The number of nitro benzene ring substituents is 1. The summed E-state index contributed by atoms with van der Waals surface area (Å²) in [6.45, 7) is 1.32. The minimum Gasteiger partial charge on any atom is -0.494 e. The Hall–Kier alpha value is -6.69. The minimum atomic E-state index is -0.551. The van der Waals surface area contributed by atoms with Crippen LogP contribution in [0.25, 0.3) is 22.2 Å². The van der Waals surface area contributed by atoms with E-state index in [-0.39, 0.29) is 46.2 Å². The molecule has 12 heteroatoms. The van der Waals surface area contributed by atoms with Crippen molar-refractivity contribution in [1.29, 1.82) is 0 Å². The van der Waals surface area contributed by atoms with E-state index in [1.54, 1.807) is 73.2 Å². The highest BCUT2D eigenvalue weighted by Crippen LogP contribution is 2.37. The van der Waals surface area contributed by atoms with Gasteiger partial charge in [-0.05, 0) is 41.5 Å². The van der Waals surface area contributed by atoms with Gasteiger partial charge in [0.05, 0.1) is 63.3 Å². The van der Waals surface area contributed by atoms with Gasteiger partial charge in [0, 0.05) is 30.0 Å². The summed E-state index contributed by atoms with van der Waals surface area (Å²) in [4.78, 5) is 62.9. The van der Waals surface area contributed by atoms with Crippen molar-refractivity contribution >= 4 is 45.7 Å². The molecule has 0 spiro atoms. The quantitative estimate of drug-likeness (QED) is 0.0915. The maximum atomic E-state index is 12.9. The topological polar surface area (TPSA) is 164 Å². The van der Waals surface area contributed by atoms with Crippen LogP contribution in [0, 0.1) is 10.1 Å². The van der Waals surface area contributed by atoms with Crippen molar-refractivity contribution in [3.8, 4) is 17.1 Å². The fourth-order valence-electron chi connectivity index (χ4n) is 5.79. The van der Waals surface area contributed by atoms with Crippen molar-refractivity contribution in [2.45, 2.75) is 13.5 Å². The lowest BCUT2D eigenvalue weighted by atomic mass is 9.99. The number of non-ortho nitro benzene ring substituents is 1. The zero-order valence-corrected chi connectivity index (χ0v) is 24.7. The third-order valence-corrected chi connectivity index (χ3v) is 8.05. The Morgan fingerprint density at radius 2 is 1.64 bits per heavy atom. The molecule has 47 heavy (non-hydrogen) atoms. The Kier molecular flexibility index (Phi) is 7.01. The maximum absolute atomic E-state index is 12.9. The maximum Gasteiger partial charge on any atom is 0.270 e. The molecule has 7 rings (SSSR count). The largest absolute Gasteiger partial charge is 0.494 e. The predicted octanol–water partition coefficient (Wildman–Crippen LogP) is 6.27. The third kappa shape index (κ3) is 5.03. The molecule has 2 amide bonds. The van der Waals surface area contributed by atoms with E-state index in [1.807, 2.05) is 12.1 Å². The van der Waals surface area contributed by atoms with Crippen LogP contribution in [0.4, 0.5) is 11.4 Å². The van der Waals surface area contributed by atoms with Crippen LogP contribution in [0.3, 0.4) is 0 Å². The number of hydrogen-bond acceptors (Lipinski definition) is 8. The Balaban J connectivity index is 1.34. The molecule has 0 atom stereocenters. The van der Waals surface area contributed by atoms with Gasteiger partial charge in [-0.25, -0.2) is 9.98 Å². The second-order valence-corrected chi connectivity index (χ2v) is 10.9. The van der Waals surface area contributed by atoms with Gasteiger partial charge in [0.15, 0.2) is 0 Å². The standard InChI is InChI=1S/C35H24N6O6/c1-20(42)40-30-15-14-25(41(46)47)16-28(30)31(35(40)45)32(38-24-12-10-22(11-13-24)29-17-36-19-37-29)23-8-6-21(7-9-23)18-39-33(43)26-4-2-3-5-27(26)34(39)44/h2-17,19,45H,18H2,1H3,(H,36,37). The Bertz CT molecular complexity index is 2230. The molecule has 2 aromatic heterocycles. The molecule has 230 valence electrons. The van der Waals surface area contributed by atoms with Crippen LogP contribution >= 0.6 is 0 Å². The van der Waals surface area contributed by atoms with Crippen LogP contribution in [0.5, 0.6) is 5.88 Å². The Morgan fingerprint density at radius 3 is 2.23 bits per heavy atom. The van der Waals surface area contributed by atoms with Crippen molar-refractivity contribution in [3.63, 3.8) is 0 Å². The average Bonchev–Trinajstić information content (AvgIpc) is 3.77. The number of fused-ring (bicyclic) bond motifs is 2. The molecule has 2 N–H and O–H groups in total. The number of rotatable bonds is 7. The van der Waals surface area contributed by atoms with Crippen LogP contribution in [-0.2, 0) is 6.54 Å². The van der Waals surface area contributed by atoms with Crippen LogP contribution in [0.2, 0.25) is 0 Å². The molecule has 0 saturated heterocycles. The van der Waals surface area contributed by atoms with Crippen LogP contribution in [-0.4, -0.2) is 52.9 Å². The molecule has 0 radical (unpaired) electrons. The van der Waals surface area contributed by atoms with E-state index >= 15 is 0 Å². The molecule has 1 aliphatic heterocycles. The average molecular weight is 625 g/mol. The molecule has 0 unspecified atom stereocenters. The lowest BCUT2D eigenvalue weighted by molar-refractivity contribution is -0.384. The molecule has 0 fully saturated rings. The zero-order valence-electron chi connectivity index (χ0n) is 24.7. The SMILES string of the molecule is CC(=O)n1c(O)c(C(=Nc2ccc(-c3cnc[nH]3)cc2)c2ccc(CN3C(=O)c4ccccc4C3=O)cc2)c2cc([N+](=O)[O-])ccc21. The summed E-state index contributed by atoms with van der Waals surface area (Å²) in [7, 11) is 0. The molecule has 6 aromatic rings. The molecular formula is C35H24N6O6. The molecule has 3 heterocycles. The number of H-pyrrole nitrogens is 1. The summed E-state index contributed by atoms with van der Waals surface area (Å²) in [5.74, 6) is -1.67. The van der Waals surface area contributed by atoms with Crippen molar-refractivity contribution in [3.05, 3.63) is 141 Å². The fraction of sp³-hybridized carbons (Fsp3) is 0.0571. The first-order valence-corrected chi connectivity index (χ1v) is 14.5. The van der Waals surface area contributed by atoms with E-state index in [0.717, 1.165) is 15.8 Å². The van der Waals surface area contributed by atoms with E-state index in [9.17, 15) is 29.6 Å². The number of aliphatic imine (C=N–C) groups is 1. The molecule has 12 nitrogen and oxygen atoms in total. The second kappa shape index (κ2) is 11.3. The van der Waals surface area contributed by atoms with Gasteiger partial charge in [0.2, 0.25) is 11.8 Å². The molecule has 1 aliphatic rings. The highest BCUT2D eigenvalue weighted by molar-refractivity contribution is 6.23. The zero-order chi connectivity index (χ0) is 32.8. The molecular weight excluding hydrogens is 600 g/mol. The highest BCUT2D eigenvalue weighted by Gasteiger charge is 2.35. The lowest BCUT2D eigenvalue weighted by Crippen LogP contribution is -2.29. The molecule has 4 aromatic carbocycles. The van der Waals surface area contributed by atoms with Gasteiger partial charge in [0.25, 0.3) is 17.5 Å². The number of benzene rings is 4. The van der Waals surface area contributed by atoms with Gasteiger partial charge in [-0.2, -0.15) is 0 Å². The van der Waals surface area contributed by atoms with Gasteiger partial charge in [0.1, 0.15) is 0 Å². The van der Waals surface area contributed by atoms with Crippen molar-refractivity contribution < 1.29 is 24.4 Å². The van der Waals surface area contributed by atoms with Gasteiger partial charge < -0.3 is 10.1 Å². The number of nitrogens with zero attached hydrogens (tertiary/aromatic N) is 5. The first-order chi connectivity index (χ1) is 22.7. The second-order valence-electron chi connectivity index (χ2n) is 10.9. The van der Waals surface area contributed by atoms with Crippen molar-refractivity contribution in [2.75, 3.05) is 0 Å². The number of aromatic nitrogens is 3. The summed E-state index contributed by atoms with van der Waals surface area (Å²) < 4.78 is 1.09. The smallest absolute Gasteiger partial charge is 0.270 e.